The molecule has 7 nitrogen and oxygen atoms in total. The van der Waals surface area contributed by atoms with Crippen LogP contribution in [0.2, 0.25) is 0 Å². The standard InChI is InChI=1S/C13H14N4O3/c1-9-3-2-4-10(5-9)6-12(18)15-11-7-14-17(16-11)8-13(19)20/h2-5,7H,6,8H2,1H3,(H,19,20)(H,15,16,18). The Morgan fingerprint density at radius 2 is 2.20 bits per heavy atom. The van der Waals surface area contributed by atoms with E-state index in [2.05, 4.69) is 15.5 Å². The van der Waals surface area contributed by atoms with Crippen LogP contribution in [-0.4, -0.2) is 32.0 Å². The summed E-state index contributed by atoms with van der Waals surface area (Å²) in [6, 6.07) is 7.65. The number of anilines is 1. The third-order valence-electron chi connectivity index (χ3n) is 2.53. The fraction of sp³-hybridized carbons (Fsp3) is 0.231. The molecule has 0 fully saturated rings. The van der Waals surface area contributed by atoms with Crippen LogP contribution < -0.4 is 5.32 Å². The normalized spacial score (nSPS) is 10.2. The Kier molecular flexibility index (Phi) is 4.09. The van der Waals surface area contributed by atoms with Crippen molar-refractivity contribution in [3.05, 3.63) is 41.6 Å². The van der Waals surface area contributed by atoms with Crippen LogP contribution in [0.5, 0.6) is 0 Å². The lowest BCUT2D eigenvalue weighted by Gasteiger charge is -2.02. The molecule has 0 aliphatic heterocycles. The largest absolute Gasteiger partial charge is 0.480 e. The molecule has 2 aromatic rings. The van der Waals surface area contributed by atoms with E-state index < -0.39 is 5.97 Å². The molecule has 0 saturated carbocycles. The number of carbonyl (C=O) groups excluding carboxylic acids is 1. The summed E-state index contributed by atoms with van der Waals surface area (Å²) >= 11 is 0. The zero-order valence-electron chi connectivity index (χ0n) is 10.9. The van der Waals surface area contributed by atoms with Crippen LogP contribution in [0.15, 0.2) is 30.5 Å². The first-order valence-corrected chi connectivity index (χ1v) is 6.00. The van der Waals surface area contributed by atoms with Crippen LogP contribution in [0.25, 0.3) is 0 Å². The van der Waals surface area contributed by atoms with E-state index >= 15 is 0 Å². The maximum Gasteiger partial charge on any atom is 0.327 e. The molecule has 0 unspecified atom stereocenters. The van der Waals surface area contributed by atoms with Gasteiger partial charge in [0.15, 0.2) is 12.4 Å². The summed E-state index contributed by atoms with van der Waals surface area (Å²) in [6.07, 6.45) is 1.55. The maximum absolute atomic E-state index is 11.8. The van der Waals surface area contributed by atoms with E-state index in [0.717, 1.165) is 15.9 Å². The van der Waals surface area contributed by atoms with Gasteiger partial charge in [-0.1, -0.05) is 29.8 Å². The van der Waals surface area contributed by atoms with Gasteiger partial charge in [-0.05, 0) is 12.5 Å². The van der Waals surface area contributed by atoms with E-state index in [1.807, 2.05) is 31.2 Å². The van der Waals surface area contributed by atoms with Crippen LogP contribution in [0.3, 0.4) is 0 Å². The Balaban J connectivity index is 1.94. The number of carboxylic acids is 1. The molecule has 1 aromatic carbocycles. The van der Waals surface area contributed by atoms with Crippen molar-refractivity contribution in [2.24, 2.45) is 0 Å². The SMILES string of the molecule is Cc1cccc(CC(=O)Nc2cnn(CC(=O)O)n2)c1. The first kappa shape index (κ1) is 13.7. The smallest absolute Gasteiger partial charge is 0.327 e. The van der Waals surface area contributed by atoms with Crippen LogP contribution in [-0.2, 0) is 22.6 Å². The monoisotopic (exact) mass is 274 g/mol. The second-order valence-electron chi connectivity index (χ2n) is 4.37. The highest BCUT2D eigenvalue weighted by molar-refractivity contribution is 5.91. The summed E-state index contributed by atoms with van der Waals surface area (Å²) in [5, 5.41) is 18.8. The number of hydrogen-bond donors (Lipinski definition) is 2. The van der Waals surface area contributed by atoms with Crippen molar-refractivity contribution in [1.82, 2.24) is 15.0 Å². The summed E-state index contributed by atoms with van der Waals surface area (Å²) < 4.78 is 0. The number of amides is 1. The second-order valence-corrected chi connectivity index (χ2v) is 4.37. The molecule has 1 heterocycles. The van der Waals surface area contributed by atoms with Gasteiger partial charge in [-0.15, -0.1) is 5.10 Å². The molecule has 7 heteroatoms. The van der Waals surface area contributed by atoms with Gasteiger partial charge in [0.05, 0.1) is 12.6 Å². The maximum atomic E-state index is 11.8. The van der Waals surface area contributed by atoms with Gasteiger partial charge in [0.1, 0.15) is 0 Å². The fourth-order valence-corrected chi connectivity index (χ4v) is 1.75. The van der Waals surface area contributed by atoms with Crippen LogP contribution >= 0.6 is 0 Å². The summed E-state index contributed by atoms with van der Waals surface area (Å²) in [5.41, 5.74) is 1.99. The molecule has 0 bridgehead atoms. The molecule has 0 spiro atoms. The Morgan fingerprint density at radius 1 is 1.40 bits per heavy atom. The number of nitrogens with one attached hydrogen (secondary N) is 1. The summed E-state index contributed by atoms with van der Waals surface area (Å²) in [7, 11) is 0. The lowest BCUT2D eigenvalue weighted by Crippen LogP contribution is -2.16. The predicted molar refractivity (Wildman–Crippen MR) is 71.2 cm³/mol. The highest BCUT2D eigenvalue weighted by Crippen LogP contribution is 2.06. The fourth-order valence-electron chi connectivity index (χ4n) is 1.75. The van der Waals surface area contributed by atoms with Gasteiger partial charge >= 0.3 is 5.97 Å². The molecule has 20 heavy (non-hydrogen) atoms. The molecule has 2 N–H and O–H groups in total. The molecule has 1 amide bonds. The number of hydrogen-bond acceptors (Lipinski definition) is 4. The minimum atomic E-state index is -1.04. The molecule has 2 rings (SSSR count). The van der Waals surface area contributed by atoms with Crippen molar-refractivity contribution in [3.63, 3.8) is 0 Å². The first-order chi connectivity index (χ1) is 9.52. The van der Waals surface area contributed by atoms with Gasteiger partial charge in [-0.3, -0.25) is 9.59 Å². The summed E-state index contributed by atoms with van der Waals surface area (Å²) in [6.45, 7) is 1.62. The van der Waals surface area contributed by atoms with Crippen molar-refractivity contribution in [3.8, 4) is 0 Å². The van der Waals surface area contributed by atoms with Crippen LogP contribution in [0, 0.1) is 6.92 Å². The lowest BCUT2D eigenvalue weighted by atomic mass is 10.1. The third-order valence-corrected chi connectivity index (χ3v) is 2.53. The van der Waals surface area contributed by atoms with Crippen molar-refractivity contribution in [1.29, 1.82) is 0 Å². The number of aryl methyl sites for hydroxylation is 1. The van der Waals surface area contributed by atoms with Crippen LogP contribution in [0.1, 0.15) is 11.1 Å². The summed E-state index contributed by atoms with van der Waals surface area (Å²) in [4.78, 5) is 23.3. The Morgan fingerprint density at radius 3 is 2.90 bits per heavy atom. The zero-order valence-corrected chi connectivity index (χ0v) is 10.9. The highest BCUT2D eigenvalue weighted by Gasteiger charge is 2.08. The van der Waals surface area contributed by atoms with E-state index in [1.165, 1.54) is 6.20 Å². The van der Waals surface area contributed by atoms with E-state index in [1.54, 1.807) is 0 Å². The van der Waals surface area contributed by atoms with Crippen molar-refractivity contribution in [2.45, 2.75) is 19.9 Å². The predicted octanol–water partition coefficient (Wildman–Crippen LogP) is 0.852. The second kappa shape index (κ2) is 5.96. The van der Waals surface area contributed by atoms with Gasteiger partial charge in [0.25, 0.3) is 0 Å². The average Bonchev–Trinajstić information content (AvgIpc) is 2.75. The third kappa shape index (κ3) is 3.91. The van der Waals surface area contributed by atoms with Gasteiger partial charge in [-0.25, -0.2) is 0 Å². The quantitative estimate of drug-likeness (QED) is 0.842. The molecule has 0 atom stereocenters. The zero-order chi connectivity index (χ0) is 14.5. The van der Waals surface area contributed by atoms with E-state index in [4.69, 9.17) is 5.11 Å². The van der Waals surface area contributed by atoms with Gasteiger partial charge < -0.3 is 10.4 Å². The number of aliphatic carboxylic acids is 1. The van der Waals surface area contributed by atoms with Gasteiger partial charge in [-0.2, -0.15) is 9.90 Å². The van der Waals surface area contributed by atoms with Crippen molar-refractivity contribution >= 4 is 17.7 Å². The van der Waals surface area contributed by atoms with Crippen molar-refractivity contribution < 1.29 is 14.7 Å². The van der Waals surface area contributed by atoms with Crippen molar-refractivity contribution in [2.75, 3.05) is 5.32 Å². The molecule has 0 aliphatic carbocycles. The minimum Gasteiger partial charge on any atom is -0.480 e. The van der Waals surface area contributed by atoms with E-state index in [9.17, 15) is 9.59 Å². The Bertz CT molecular complexity index is 636. The molecule has 0 aliphatic rings. The Labute approximate surface area is 115 Å². The Hall–Kier alpha value is -2.70. The molecule has 0 saturated heterocycles. The number of aromatic nitrogens is 3. The summed E-state index contributed by atoms with van der Waals surface area (Å²) in [5.74, 6) is -1.03. The number of carboxylic acid groups (broad SMARTS) is 1. The number of carbonyl (C=O) groups is 2. The molecule has 104 valence electrons. The first-order valence-electron chi connectivity index (χ1n) is 6.00. The lowest BCUT2D eigenvalue weighted by molar-refractivity contribution is -0.138. The average molecular weight is 274 g/mol. The number of benzene rings is 1. The van der Waals surface area contributed by atoms with Gasteiger partial charge in [0, 0.05) is 0 Å². The molecule has 1 aromatic heterocycles. The van der Waals surface area contributed by atoms with E-state index in [0.29, 0.717) is 0 Å². The molecular formula is C13H14N4O3. The highest BCUT2D eigenvalue weighted by atomic mass is 16.4. The topological polar surface area (TPSA) is 97.1 Å². The van der Waals surface area contributed by atoms with Crippen LogP contribution in [0.4, 0.5) is 5.82 Å². The minimum absolute atomic E-state index is 0.224. The van der Waals surface area contributed by atoms with E-state index in [-0.39, 0.29) is 24.7 Å². The molecular weight excluding hydrogens is 260 g/mol. The molecule has 0 radical (unpaired) electrons. The number of rotatable bonds is 5. The number of nitrogens with zero attached hydrogens (tertiary/aromatic N) is 3. The van der Waals surface area contributed by atoms with Gasteiger partial charge in [0.2, 0.25) is 5.91 Å².